The van der Waals surface area contributed by atoms with E-state index in [0.717, 1.165) is 12.1 Å². The number of aryl methyl sites for hydroxylation is 1. The largest absolute Gasteiger partial charge is 0.340 e. The van der Waals surface area contributed by atoms with Crippen LogP contribution in [-0.2, 0) is 17.9 Å². The van der Waals surface area contributed by atoms with Crippen LogP contribution in [0, 0.1) is 6.92 Å². The fourth-order valence-electron chi connectivity index (χ4n) is 2.19. The van der Waals surface area contributed by atoms with Gasteiger partial charge in [0.15, 0.2) is 0 Å². The van der Waals surface area contributed by atoms with E-state index in [-0.39, 0.29) is 5.91 Å². The molecule has 2 rings (SSSR count). The third-order valence-electron chi connectivity index (χ3n) is 3.54. The number of amides is 1. The van der Waals surface area contributed by atoms with Gasteiger partial charge in [-0.05, 0) is 23.6 Å². The first-order valence-electron chi connectivity index (χ1n) is 7.20. The fraction of sp³-hybridized carbons (Fsp3) is 0.278. The van der Waals surface area contributed by atoms with Crippen molar-refractivity contribution in [1.29, 1.82) is 0 Å². The van der Waals surface area contributed by atoms with Crippen molar-refractivity contribution in [3.63, 3.8) is 0 Å². The topological polar surface area (TPSA) is 32.3 Å². The number of nitrogens with zero attached hydrogens (tertiary/aromatic N) is 1. The number of hydrogen-bond donors (Lipinski definition) is 1. The Morgan fingerprint density at radius 2 is 1.71 bits per heavy atom. The Labute approximate surface area is 126 Å². The van der Waals surface area contributed by atoms with Crippen molar-refractivity contribution in [1.82, 2.24) is 10.2 Å². The molecule has 110 valence electrons. The second kappa shape index (κ2) is 7.60. The molecule has 0 atom stereocenters. The molecular weight excluding hydrogens is 260 g/mol. The molecule has 0 unspecified atom stereocenters. The zero-order chi connectivity index (χ0) is 15.1. The zero-order valence-corrected chi connectivity index (χ0v) is 12.7. The molecule has 0 aliphatic rings. The molecule has 0 aliphatic carbocycles. The van der Waals surface area contributed by atoms with Crippen LogP contribution in [-0.4, -0.2) is 24.4 Å². The van der Waals surface area contributed by atoms with Crippen LogP contribution in [0.5, 0.6) is 0 Å². The van der Waals surface area contributed by atoms with Crippen molar-refractivity contribution in [2.24, 2.45) is 0 Å². The molecule has 0 aliphatic heterocycles. The highest BCUT2D eigenvalue weighted by Crippen LogP contribution is 2.06. The zero-order valence-electron chi connectivity index (χ0n) is 12.7. The highest BCUT2D eigenvalue weighted by molar-refractivity contribution is 5.77. The number of likely N-dealkylation sites (N-methyl/N-ethyl adjacent to an activating group) is 1. The quantitative estimate of drug-likeness (QED) is 0.883. The summed E-state index contributed by atoms with van der Waals surface area (Å²) in [6.07, 6.45) is 0. The van der Waals surface area contributed by atoms with Gasteiger partial charge in [-0.25, -0.2) is 0 Å². The monoisotopic (exact) mass is 282 g/mol. The summed E-state index contributed by atoms with van der Waals surface area (Å²) in [5.41, 5.74) is 3.62. The van der Waals surface area contributed by atoms with Crippen LogP contribution < -0.4 is 5.32 Å². The number of carbonyl (C=O) groups excluding carboxylic acids is 1. The summed E-state index contributed by atoms with van der Waals surface area (Å²) in [4.78, 5) is 13.8. The Hall–Kier alpha value is -2.13. The Balaban J connectivity index is 1.78. The normalized spacial score (nSPS) is 10.4. The maximum Gasteiger partial charge on any atom is 0.236 e. The molecule has 0 fully saturated rings. The van der Waals surface area contributed by atoms with Gasteiger partial charge in [0.1, 0.15) is 0 Å². The van der Waals surface area contributed by atoms with E-state index in [2.05, 4.69) is 24.4 Å². The van der Waals surface area contributed by atoms with Crippen molar-refractivity contribution in [3.05, 3.63) is 71.3 Å². The average molecular weight is 282 g/mol. The Morgan fingerprint density at radius 3 is 2.43 bits per heavy atom. The van der Waals surface area contributed by atoms with E-state index in [4.69, 9.17) is 0 Å². The van der Waals surface area contributed by atoms with E-state index in [1.54, 1.807) is 4.90 Å². The van der Waals surface area contributed by atoms with Gasteiger partial charge in [0.25, 0.3) is 0 Å². The maximum absolute atomic E-state index is 12.1. The highest BCUT2D eigenvalue weighted by atomic mass is 16.2. The molecule has 0 heterocycles. The molecule has 0 bridgehead atoms. The summed E-state index contributed by atoms with van der Waals surface area (Å²) in [6.45, 7) is 3.81. The summed E-state index contributed by atoms with van der Waals surface area (Å²) in [5.74, 6) is 0.104. The Bertz CT molecular complexity index is 581. The molecule has 0 radical (unpaired) electrons. The first-order chi connectivity index (χ1) is 10.2. The third-order valence-corrected chi connectivity index (χ3v) is 3.54. The lowest BCUT2D eigenvalue weighted by atomic mass is 10.1. The van der Waals surface area contributed by atoms with Crippen LogP contribution in [0.25, 0.3) is 0 Å². The number of benzene rings is 2. The van der Waals surface area contributed by atoms with Gasteiger partial charge in [-0.2, -0.15) is 0 Å². The number of carbonyl (C=O) groups is 1. The molecule has 2 aromatic carbocycles. The van der Waals surface area contributed by atoms with Crippen LogP contribution >= 0.6 is 0 Å². The van der Waals surface area contributed by atoms with E-state index >= 15 is 0 Å². The van der Waals surface area contributed by atoms with E-state index in [9.17, 15) is 4.79 Å². The molecule has 0 saturated carbocycles. The van der Waals surface area contributed by atoms with E-state index < -0.39 is 0 Å². The van der Waals surface area contributed by atoms with Crippen molar-refractivity contribution in [3.8, 4) is 0 Å². The lowest BCUT2D eigenvalue weighted by Gasteiger charge is -2.18. The summed E-state index contributed by atoms with van der Waals surface area (Å²) < 4.78 is 0. The molecular formula is C18H22N2O. The summed E-state index contributed by atoms with van der Waals surface area (Å²) in [5, 5.41) is 3.22. The van der Waals surface area contributed by atoms with Gasteiger partial charge in [0.05, 0.1) is 6.54 Å². The molecule has 3 heteroatoms. The lowest BCUT2D eigenvalue weighted by Crippen LogP contribution is -2.35. The molecule has 0 aromatic heterocycles. The van der Waals surface area contributed by atoms with Crippen molar-refractivity contribution >= 4 is 5.91 Å². The van der Waals surface area contributed by atoms with Gasteiger partial charge in [-0.1, -0.05) is 54.6 Å². The predicted octanol–water partition coefficient (Wildman–Crippen LogP) is 2.74. The van der Waals surface area contributed by atoms with Crippen LogP contribution in [0.1, 0.15) is 16.7 Å². The highest BCUT2D eigenvalue weighted by Gasteiger charge is 2.08. The minimum Gasteiger partial charge on any atom is -0.340 e. The number of hydrogen-bond acceptors (Lipinski definition) is 2. The third kappa shape index (κ3) is 4.72. The standard InChI is InChI=1S/C18H22N2O/c1-15-8-6-7-11-17(15)12-19-13-18(21)20(2)14-16-9-4-3-5-10-16/h3-11,19H,12-14H2,1-2H3. The Kier molecular flexibility index (Phi) is 5.52. The molecule has 0 saturated heterocycles. The minimum atomic E-state index is 0.104. The van der Waals surface area contributed by atoms with Gasteiger partial charge in [0, 0.05) is 20.1 Å². The SMILES string of the molecule is Cc1ccccc1CNCC(=O)N(C)Cc1ccccc1. The van der Waals surface area contributed by atoms with Crippen LogP contribution in [0.3, 0.4) is 0 Å². The summed E-state index contributed by atoms with van der Waals surface area (Å²) >= 11 is 0. The first kappa shape index (κ1) is 15.3. The minimum absolute atomic E-state index is 0.104. The lowest BCUT2D eigenvalue weighted by molar-refractivity contribution is -0.129. The maximum atomic E-state index is 12.1. The van der Waals surface area contributed by atoms with Gasteiger partial charge in [0.2, 0.25) is 5.91 Å². The van der Waals surface area contributed by atoms with E-state index in [1.165, 1.54) is 11.1 Å². The number of nitrogens with one attached hydrogen (secondary N) is 1. The van der Waals surface area contributed by atoms with Crippen LogP contribution in [0.4, 0.5) is 0 Å². The van der Waals surface area contributed by atoms with Gasteiger partial charge < -0.3 is 10.2 Å². The van der Waals surface area contributed by atoms with Crippen molar-refractivity contribution in [2.75, 3.05) is 13.6 Å². The second-order valence-electron chi connectivity index (χ2n) is 5.27. The average Bonchev–Trinajstić information content (AvgIpc) is 2.50. The van der Waals surface area contributed by atoms with Gasteiger partial charge in [-0.15, -0.1) is 0 Å². The molecule has 3 nitrogen and oxygen atoms in total. The predicted molar refractivity (Wildman–Crippen MR) is 85.8 cm³/mol. The number of rotatable bonds is 6. The first-order valence-corrected chi connectivity index (χ1v) is 7.20. The van der Waals surface area contributed by atoms with Crippen molar-refractivity contribution in [2.45, 2.75) is 20.0 Å². The molecule has 0 spiro atoms. The molecule has 1 N–H and O–H groups in total. The van der Waals surface area contributed by atoms with E-state index in [1.807, 2.05) is 49.5 Å². The molecule has 1 amide bonds. The van der Waals surface area contributed by atoms with Crippen LogP contribution in [0.2, 0.25) is 0 Å². The smallest absolute Gasteiger partial charge is 0.236 e. The van der Waals surface area contributed by atoms with E-state index in [0.29, 0.717) is 13.1 Å². The van der Waals surface area contributed by atoms with Crippen LogP contribution in [0.15, 0.2) is 54.6 Å². The van der Waals surface area contributed by atoms with Gasteiger partial charge in [-0.3, -0.25) is 4.79 Å². The van der Waals surface area contributed by atoms with Crippen molar-refractivity contribution < 1.29 is 4.79 Å². The fourth-order valence-corrected chi connectivity index (χ4v) is 2.19. The molecule has 21 heavy (non-hydrogen) atoms. The summed E-state index contributed by atoms with van der Waals surface area (Å²) in [7, 11) is 1.84. The molecule has 2 aromatic rings. The summed E-state index contributed by atoms with van der Waals surface area (Å²) in [6, 6.07) is 18.2. The second-order valence-corrected chi connectivity index (χ2v) is 5.27. The Morgan fingerprint density at radius 1 is 1.05 bits per heavy atom. The van der Waals surface area contributed by atoms with Gasteiger partial charge >= 0.3 is 0 Å².